The van der Waals surface area contributed by atoms with E-state index in [1.54, 1.807) is 30.3 Å². The second-order valence-electron chi connectivity index (χ2n) is 7.78. The highest BCUT2D eigenvalue weighted by Crippen LogP contribution is 2.39. The summed E-state index contributed by atoms with van der Waals surface area (Å²) in [6.07, 6.45) is 5.34. The molecule has 6 nitrogen and oxygen atoms in total. The van der Waals surface area contributed by atoms with Crippen LogP contribution >= 0.6 is 11.6 Å². The number of aliphatic imine (C=N–C) groups is 1. The first-order valence-corrected chi connectivity index (χ1v) is 12.4. The van der Waals surface area contributed by atoms with Crippen LogP contribution in [0.15, 0.2) is 76.1 Å². The summed E-state index contributed by atoms with van der Waals surface area (Å²) < 4.78 is 39.1. The average Bonchev–Trinajstić information content (AvgIpc) is 3.01. The fraction of sp³-hybridized carbons (Fsp3) is 0.160. The van der Waals surface area contributed by atoms with E-state index in [1.807, 2.05) is 41.3 Å². The van der Waals surface area contributed by atoms with Gasteiger partial charge < -0.3 is 9.64 Å². The van der Waals surface area contributed by atoms with Crippen molar-refractivity contribution in [2.24, 2.45) is 9.36 Å². The largest absolute Gasteiger partial charge is 0.454 e. The van der Waals surface area contributed by atoms with Crippen molar-refractivity contribution in [2.75, 3.05) is 26.2 Å². The van der Waals surface area contributed by atoms with Crippen LogP contribution in [0.2, 0.25) is 5.02 Å². The summed E-state index contributed by atoms with van der Waals surface area (Å²) in [5, 5.41) is 0.557. The molecule has 0 radical (unpaired) electrons. The summed E-state index contributed by atoms with van der Waals surface area (Å²) in [6, 6.07) is 19.3. The Morgan fingerprint density at radius 2 is 1.76 bits per heavy atom. The predicted octanol–water partition coefficient (Wildman–Crippen LogP) is 5.72. The normalized spacial score (nSPS) is 17.2. The van der Waals surface area contributed by atoms with Crippen LogP contribution in [-0.4, -0.2) is 45.4 Å². The van der Waals surface area contributed by atoms with E-state index in [4.69, 9.17) is 27.8 Å². The predicted molar refractivity (Wildman–Crippen MR) is 133 cm³/mol. The van der Waals surface area contributed by atoms with Crippen molar-refractivity contribution in [3.8, 4) is 23.8 Å². The Labute approximate surface area is 203 Å². The van der Waals surface area contributed by atoms with Crippen LogP contribution < -0.4 is 4.74 Å². The Morgan fingerprint density at radius 3 is 2.50 bits per heavy atom. The van der Waals surface area contributed by atoms with Crippen molar-refractivity contribution >= 4 is 39.1 Å². The molecular formula is C25H20ClFN4O2S. The van der Waals surface area contributed by atoms with Gasteiger partial charge in [0.25, 0.3) is 10.3 Å². The van der Waals surface area contributed by atoms with Gasteiger partial charge in [0.05, 0.1) is 11.3 Å². The Bertz CT molecular complexity index is 1430. The maximum Gasteiger partial charge on any atom is 0.275 e. The monoisotopic (exact) mass is 494 g/mol. The number of halogens is 2. The van der Waals surface area contributed by atoms with E-state index in [9.17, 15) is 4.21 Å². The van der Waals surface area contributed by atoms with Crippen molar-refractivity contribution in [3.63, 3.8) is 0 Å². The van der Waals surface area contributed by atoms with E-state index in [1.165, 1.54) is 4.31 Å². The van der Waals surface area contributed by atoms with E-state index in [0.29, 0.717) is 46.7 Å². The van der Waals surface area contributed by atoms with Gasteiger partial charge in [-0.25, -0.2) is 4.99 Å². The van der Waals surface area contributed by atoms with Crippen molar-refractivity contribution in [2.45, 2.75) is 0 Å². The molecule has 2 heterocycles. The van der Waals surface area contributed by atoms with E-state index in [2.05, 4.69) is 10.3 Å². The molecule has 0 bridgehead atoms. The topological polar surface area (TPSA) is 57.5 Å². The molecule has 9 heteroatoms. The van der Waals surface area contributed by atoms with Crippen LogP contribution in [0.5, 0.6) is 11.5 Å². The number of ether oxygens (including phenoxy) is 1. The lowest BCUT2D eigenvalue weighted by Crippen LogP contribution is -2.49. The molecule has 0 spiro atoms. The van der Waals surface area contributed by atoms with Crippen molar-refractivity contribution in [1.29, 1.82) is 0 Å². The summed E-state index contributed by atoms with van der Waals surface area (Å²) in [5.41, 5.74) is 2.36. The van der Waals surface area contributed by atoms with E-state index < -0.39 is 10.3 Å². The molecule has 0 aromatic heterocycles. The van der Waals surface area contributed by atoms with E-state index >= 15 is 3.89 Å². The van der Waals surface area contributed by atoms with Gasteiger partial charge in [0.15, 0.2) is 5.75 Å². The second kappa shape index (κ2) is 9.11. The maximum atomic E-state index is 15.1. The van der Waals surface area contributed by atoms with Gasteiger partial charge in [-0.2, -0.15) is 12.9 Å². The highest BCUT2D eigenvalue weighted by atomic mass is 35.5. The van der Waals surface area contributed by atoms with Gasteiger partial charge in [0.1, 0.15) is 17.3 Å². The zero-order chi connectivity index (χ0) is 23.7. The molecule has 3 aromatic carbocycles. The molecule has 1 atom stereocenters. The molecule has 1 saturated heterocycles. The number of rotatable bonds is 2. The molecule has 34 heavy (non-hydrogen) atoms. The fourth-order valence-electron chi connectivity index (χ4n) is 3.87. The zero-order valence-electron chi connectivity index (χ0n) is 18.0. The number of hydrogen-bond acceptors (Lipinski definition) is 5. The van der Waals surface area contributed by atoms with Crippen LogP contribution in [0.4, 0.5) is 15.3 Å². The van der Waals surface area contributed by atoms with Gasteiger partial charge in [-0.15, -0.1) is 10.3 Å². The Balaban J connectivity index is 1.41. The van der Waals surface area contributed by atoms with E-state index in [-0.39, 0.29) is 18.8 Å². The zero-order valence-corrected chi connectivity index (χ0v) is 19.6. The number of benzene rings is 3. The lowest BCUT2D eigenvalue weighted by molar-refractivity contribution is 0.267. The molecular weight excluding hydrogens is 475 g/mol. The number of nitrogens with zero attached hydrogens (tertiary/aromatic N) is 4. The molecule has 1 fully saturated rings. The van der Waals surface area contributed by atoms with Gasteiger partial charge >= 0.3 is 0 Å². The number of hydrogen-bond donors (Lipinski definition) is 0. The van der Waals surface area contributed by atoms with E-state index in [0.717, 1.165) is 5.56 Å². The Hall–Kier alpha value is -3.38. The van der Waals surface area contributed by atoms with Crippen LogP contribution in [0, 0.1) is 12.3 Å². The van der Waals surface area contributed by atoms with Gasteiger partial charge in [-0.05, 0) is 54.6 Å². The lowest BCUT2D eigenvalue weighted by Gasteiger charge is -2.35. The third-order valence-corrected chi connectivity index (χ3v) is 7.28. The molecule has 0 amide bonds. The van der Waals surface area contributed by atoms with Crippen molar-refractivity contribution in [3.05, 3.63) is 82.9 Å². The molecule has 0 saturated carbocycles. The highest BCUT2D eigenvalue weighted by Gasteiger charge is 2.30. The van der Waals surface area contributed by atoms with Gasteiger partial charge in [-0.3, -0.25) is 0 Å². The summed E-state index contributed by atoms with van der Waals surface area (Å²) in [6.45, 7) is 1.22. The van der Waals surface area contributed by atoms with Crippen LogP contribution in [0.1, 0.15) is 11.1 Å². The third kappa shape index (κ3) is 4.50. The minimum absolute atomic E-state index is 0.207. The van der Waals surface area contributed by atoms with Gasteiger partial charge in [0.2, 0.25) is 0 Å². The first-order valence-electron chi connectivity index (χ1n) is 10.6. The Kier molecular flexibility index (Phi) is 6.00. The number of piperazine rings is 1. The minimum atomic E-state index is -4.09. The van der Waals surface area contributed by atoms with Crippen LogP contribution in [0.3, 0.4) is 0 Å². The molecule has 172 valence electrons. The number of fused-ring (bicyclic) bond motifs is 2. The molecule has 3 aromatic rings. The summed E-state index contributed by atoms with van der Waals surface area (Å²) in [5.74, 6) is 4.44. The highest BCUT2D eigenvalue weighted by molar-refractivity contribution is 7.86. The summed E-state index contributed by atoms with van der Waals surface area (Å²) >= 11 is 6.28. The average molecular weight is 495 g/mol. The number of amidine groups is 1. The Morgan fingerprint density at radius 1 is 1.03 bits per heavy atom. The molecule has 0 N–H and O–H groups in total. The third-order valence-electron chi connectivity index (χ3n) is 5.60. The molecule has 2 aliphatic heterocycles. The molecule has 0 aliphatic carbocycles. The first kappa shape index (κ1) is 22.4. The summed E-state index contributed by atoms with van der Waals surface area (Å²) in [7, 11) is -4.09. The lowest BCUT2D eigenvalue weighted by atomic mass is 10.1. The number of para-hydroxylation sites is 2. The van der Waals surface area contributed by atoms with Gasteiger partial charge in [-0.1, -0.05) is 29.7 Å². The molecule has 2 aliphatic rings. The quantitative estimate of drug-likeness (QED) is 0.338. The SMILES string of the molecule is C#Cc1ccc(N=S(=O)(F)N2CCN(C3=Nc4ccccc4Oc4ccc(Cl)cc43)CC2)cc1. The summed E-state index contributed by atoms with van der Waals surface area (Å²) in [4.78, 5) is 6.87. The van der Waals surface area contributed by atoms with Crippen molar-refractivity contribution < 1.29 is 12.8 Å². The standard InChI is InChI=1S/C25H20ClFN4O2S/c1-2-18-7-10-20(11-8-18)29-34(27,32)31-15-13-30(14-16-31)25-21-17-19(26)9-12-23(21)33-24-6-4-3-5-22(24)28-25/h1,3-12,17H,13-16H2. The molecule has 1 unspecified atom stereocenters. The maximum absolute atomic E-state index is 15.1. The second-order valence-corrected chi connectivity index (χ2v) is 9.77. The number of terminal acetylenes is 1. The van der Waals surface area contributed by atoms with Crippen LogP contribution in [0.25, 0.3) is 0 Å². The van der Waals surface area contributed by atoms with Crippen LogP contribution in [-0.2, 0) is 10.3 Å². The van der Waals surface area contributed by atoms with Crippen molar-refractivity contribution in [1.82, 2.24) is 9.21 Å². The smallest absolute Gasteiger partial charge is 0.275 e. The molecule has 5 rings (SSSR count). The van der Waals surface area contributed by atoms with Gasteiger partial charge in [0, 0.05) is 36.8 Å². The fourth-order valence-corrected chi connectivity index (χ4v) is 5.15. The minimum Gasteiger partial charge on any atom is -0.454 e. The first-order chi connectivity index (χ1) is 16.4.